The van der Waals surface area contributed by atoms with Gasteiger partial charge < -0.3 is 10.4 Å². The summed E-state index contributed by atoms with van der Waals surface area (Å²) in [6, 6.07) is 0. The van der Waals surface area contributed by atoms with Crippen LogP contribution in [0.3, 0.4) is 0 Å². The zero-order valence-electron chi connectivity index (χ0n) is 6.80. The van der Waals surface area contributed by atoms with Gasteiger partial charge in [0, 0.05) is 13.1 Å². The van der Waals surface area contributed by atoms with Crippen molar-refractivity contribution in [1.82, 2.24) is 25.5 Å². The number of tetrazole rings is 1. The van der Waals surface area contributed by atoms with Crippen LogP contribution in [-0.2, 0) is 7.05 Å². The van der Waals surface area contributed by atoms with E-state index in [4.69, 9.17) is 0 Å². The Balaban J connectivity index is 2.19. The molecule has 1 aromatic heterocycles. The lowest BCUT2D eigenvalue weighted by atomic mass is 10.1. The van der Waals surface area contributed by atoms with Crippen LogP contribution < -0.4 is 5.32 Å². The van der Waals surface area contributed by atoms with Gasteiger partial charge in [0.25, 0.3) is 0 Å². The summed E-state index contributed by atoms with van der Waals surface area (Å²) in [5.41, 5.74) is 0. The number of rotatable bonds is 1. The highest BCUT2D eigenvalue weighted by Crippen LogP contribution is 2.17. The fourth-order valence-corrected chi connectivity index (χ4v) is 1.38. The number of aliphatic hydroxyl groups is 1. The Morgan fingerprint density at radius 1 is 1.58 bits per heavy atom. The topological polar surface area (TPSA) is 75.9 Å². The molecule has 0 aliphatic carbocycles. The highest BCUT2D eigenvalue weighted by molar-refractivity contribution is 5.01. The maximum Gasteiger partial charge on any atom is 0.181 e. The molecule has 2 N–H and O–H groups in total. The molecule has 0 radical (unpaired) electrons. The van der Waals surface area contributed by atoms with E-state index in [2.05, 4.69) is 20.7 Å². The van der Waals surface area contributed by atoms with Crippen LogP contribution in [0.1, 0.15) is 11.7 Å². The Morgan fingerprint density at radius 3 is 2.92 bits per heavy atom. The van der Waals surface area contributed by atoms with E-state index in [1.165, 1.54) is 4.80 Å². The number of nitrogens with zero attached hydrogens (tertiary/aromatic N) is 4. The molecular formula is C6H11N5O. The summed E-state index contributed by atoms with van der Waals surface area (Å²) in [6.07, 6.45) is -0.380. The smallest absolute Gasteiger partial charge is 0.181 e. The fraction of sp³-hybridized carbons (Fsp3) is 0.833. The van der Waals surface area contributed by atoms with Crippen LogP contribution >= 0.6 is 0 Å². The number of β-amino-alcohol motifs (C(OH)–C–C–N with tert-alkyl or cyclic N) is 1. The molecule has 1 aliphatic rings. The summed E-state index contributed by atoms with van der Waals surface area (Å²) in [7, 11) is 1.71. The molecule has 6 nitrogen and oxygen atoms in total. The van der Waals surface area contributed by atoms with Gasteiger partial charge in [-0.15, -0.1) is 10.2 Å². The van der Waals surface area contributed by atoms with E-state index in [-0.39, 0.29) is 12.0 Å². The molecule has 2 atom stereocenters. The van der Waals surface area contributed by atoms with Crippen molar-refractivity contribution < 1.29 is 5.11 Å². The molecule has 0 saturated carbocycles. The first-order valence-electron chi connectivity index (χ1n) is 3.90. The standard InChI is InChI=1S/C6H11N5O/c1-11-9-6(8-10-11)4-2-7-3-5(4)12/h4-5,7,12H,2-3H2,1H3/t4-,5-/m1/s1. The van der Waals surface area contributed by atoms with Crippen LogP contribution in [0.4, 0.5) is 0 Å². The molecule has 6 heteroatoms. The average molecular weight is 169 g/mol. The van der Waals surface area contributed by atoms with Crippen molar-refractivity contribution in [2.24, 2.45) is 7.05 Å². The Morgan fingerprint density at radius 2 is 2.42 bits per heavy atom. The predicted octanol–water partition coefficient (Wildman–Crippen LogP) is -1.74. The monoisotopic (exact) mass is 169 g/mol. The molecule has 12 heavy (non-hydrogen) atoms. The molecule has 0 bridgehead atoms. The first-order valence-corrected chi connectivity index (χ1v) is 3.90. The number of aliphatic hydroxyl groups excluding tert-OH is 1. The van der Waals surface area contributed by atoms with Gasteiger partial charge in [-0.2, -0.15) is 4.80 Å². The van der Waals surface area contributed by atoms with Gasteiger partial charge in [0.05, 0.1) is 19.1 Å². The van der Waals surface area contributed by atoms with Crippen molar-refractivity contribution in [3.05, 3.63) is 5.82 Å². The highest BCUT2D eigenvalue weighted by Gasteiger charge is 2.29. The molecule has 0 amide bonds. The van der Waals surface area contributed by atoms with Gasteiger partial charge in [0.2, 0.25) is 0 Å². The van der Waals surface area contributed by atoms with Crippen LogP contribution in [0, 0.1) is 0 Å². The Kier molecular flexibility index (Phi) is 1.78. The van der Waals surface area contributed by atoms with Crippen molar-refractivity contribution >= 4 is 0 Å². The largest absolute Gasteiger partial charge is 0.391 e. The molecular weight excluding hydrogens is 158 g/mol. The summed E-state index contributed by atoms with van der Waals surface area (Å²) in [4.78, 5) is 1.40. The van der Waals surface area contributed by atoms with Gasteiger partial charge in [-0.25, -0.2) is 0 Å². The normalized spacial score (nSPS) is 29.5. The Bertz CT molecular complexity index is 273. The van der Waals surface area contributed by atoms with E-state index >= 15 is 0 Å². The minimum Gasteiger partial charge on any atom is -0.391 e. The molecule has 1 saturated heterocycles. The SMILES string of the molecule is Cn1nnc([C@@H]2CNC[C@H]2O)n1. The van der Waals surface area contributed by atoms with Crippen LogP contribution in [-0.4, -0.2) is 44.5 Å². The van der Waals surface area contributed by atoms with Gasteiger partial charge in [-0.3, -0.25) is 0 Å². The molecule has 0 aromatic carbocycles. The Hall–Kier alpha value is -1.01. The quantitative estimate of drug-likeness (QED) is 0.522. The molecule has 1 aromatic rings. The van der Waals surface area contributed by atoms with Crippen molar-refractivity contribution in [2.45, 2.75) is 12.0 Å². The second-order valence-corrected chi connectivity index (χ2v) is 2.97. The van der Waals surface area contributed by atoms with E-state index in [1.54, 1.807) is 7.05 Å². The first kappa shape index (κ1) is 7.63. The van der Waals surface area contributed by atoms with Crippen molar-refractivity contribution in [2.75, 3.05) is 13.1 Å². The van der Waals surface area contributed by atoms with Gasteiger partial charge in [0.1, 0.15) is 0 Å². The number of aryl methyl sites for hydroxylation is 1. The van der Waals surface area contributed by atoms with E-state index in [0.717, 1.165) is 6.54 Å². The minimum atomic E-state index is -0.380. The summed E-state index contributed by atoms with van der Waals surface area (Å²) in [6.45, 7) is 1.34. The zero-order valence-corrected chi connectivity index (χ0v) is 6.80. The molecule has 0 unspecified atom stereocenters. The molecule has 2 rings (SSSR count). The lowest BCUT2D eigenvalue weighted by Crippen LogP contribution is -2.17. The fourth-order valence-electron chi connectivity index (χ4n) is 1.38. The average Bonchev–Trinajstić information content (AvgIpc) is 2.58. The van der Waals surface area contributed by atoms with Gasteiger partial charge in [-0.05, 0) is 5.21 Å². The van der Waals surface area contributed by atoms with Gasteiger partial charge in [-0.1, -0.05) is 0 Å². The number of hydrogen-bond acceptors (Lipinski definition) is 5. The number of aromatic nitrogens is 4. The van der Waals surface area contributed by atoms with E-state index in [0.29, 0.717) is 12.4 Å². The molecule has 66 valence electrons. The maximum absolute atomic E-state index is 9.47. The summed E-state index contributed by atoms with van der Waals surface area (Å²) < 4.78 is 0. The van der Waals surface area contributed by atoms with E-state index < -0.39 is 0 Å². The second kappa shape index (κ2) is 2.80. The third-order valence-electron chi connectivity index (χ3n) is 2.04. The van der Waals surface area contributed by atoms with Crippen molar-refractivity contribution in [1.29, 1.82) is 0 Å². The molecule has 0 spiro atoms. The summed E-state index contributed by atoms with van der Waals surface area (Å²) in [5, 5.41) is 24.1. The van der Waals surface area contributed by atoms with Crippen LogP contribution in [0.5, 0.6) is 0 Å². The zero-order chi connectivity index (χ0) is 8.55. The number of nitrogens with one attached hydrogen (secondary N) is 1. The minimum absolute atomic E-state index is 0.00120. The molecule has 1 fully saturated rings. The summed E-state index contributed by atoms with van der Waals surface area (Å²) in [5.74, 6) is 0.619. The van der Waals surface area contributed by atoms with Crippen LogP contribution in [0.25, 0.3) is 0 Å². The maximum atomic E-state index is 9.47. The third-order valence-corrected chi connectivity index (χ3v) is 2.04. The lowest BCUT2D eigenvalue weighted by Gasteiger charge is -2.06. The molecule has 2 heterocycles. The van der Waals surface area contributed by atoms with Crippen LogP contribution in [0.2, 0.25) is 0 Å². The predicted molar refractivity (Wildman–Crippen MR) is 40.4 cm³/mol. The van der Waals surface area contributed by atoms with Crippen molar-refractivity contribution in [3.63, 3.8) is 0 Å². The van der Waals surface area contributed by atoms with Gasteiger partial charge >= 0.3 is 0 Å². The van der Waals surface area contributed by atoms with E-state index in [1.807, 2.05) is 0 Å². The van der Waals surface area contributed by atoms with Crippen LogP contribution in [0.15, 0.2) is 0 Å². The summed E-state index contributed by atoms with van der Waals surface area (Å²) >= 11 is 0. The molecule has 1 aliphatic heterocycles. The second-order valence-electron chi connectivity index (χ2n) is 2.97. The van der Waals surface area contributed by atoms with Crippen molar-refractivity contribution in [3.8, 4) is 0 Å². The van der Waals surface area contributed by atoms with Gasteiger partial charge in [0.15, 0.2) is 5.82 Å². The number of hydrogen-bond donors (Lipinski definition) is 2. The Labute approximate surface area is 69.6 Å². The lowest BCUT2D eigenvalue weighted by molar-refractivity contribution is 0.174. The first-order chi connectivity index (χ1) is 5.77. The van der Waals surface area contributed by atoms with E-state index in [9.17, 15) is 5.11 Å². The highest BCUT2D eigenvalue weighted by atomic mass is 16.3. The third kappa shape index (κ3) is 1.19.